The molecule has 0 aliphatic carbocycles. The van der Waals surface area contributed by atoms with Gasteiger partial charge in [0.25, 0.3) is 0 Å². The zero-order valence-corrected chi connectivity index (χ0v) is 13.1. The number of hydrogen-bond donors (Lipinski definition) is 2. The van der Waals surface area contributed by atoms with E-state index in [9.17, 15) is 4.79 Å². The smallest absolute Gasteiger partial charge is 0.233 e. The summed E-state index contributed by atoms with van der Waals surface area (Å²) in [6.45, 7) is 6.08. The Morgan fingerprint density at radius 2 is 2.30 bits per heavy atom. The number of thioether (sulfide) groups is 1. The third-order valence-electron chi connectivity index (χ3n) is 3.63. The van der Waals surface area contributed by atoms with Crippen LogP contribution in [0.25, 0.3) is 0 Å². The molecule has 2 unspecified atom stereocenters. The first-order chi connectivity index (χ1) is 9.70. The van der Waals surface area contributed by atoms with Gasteiger partial charge >= 0.3 is 0 Å². The lowest BCUT2D eigenvalue weighted by Gasteiger charge is -2.16. The minimum absolute atomic E-state index is 0.0576. The Balaban J connectivity index is 2.05. The first kappa shape index (κ1) is 15.4. The van der Waals surface area contributed by atoms with E-state index in [0.29, 0.717) is 6.04 Å². The molecule has 0 aromatic heterocycles. The molecule has 2 atom stereocenters. The maximum Gasteiger partial charge on any atom is 0.233 e. The van der Waals surface area contributed by atoms with Crippen molar-refractivity contribution in [1.82, 2.24) is 10.6 Å². The van der Waals surface area contributed by atoms with Crippen LogP contribution in [0.15, 0.2) is 29.2 Å². The van der Waals surface area contributed by atoms with E-state index in [-0.39, 0.29) is 11.2 Å². The van der Waals surface area contributed by atoms with Crippen molar-refractivity contribution in [3.05, 3.63) is 29.8 Å². The zero-order valence-electron chi connectivity index (χ0n) is 12.3. The highest BCUT2D eigenvalue weighted by molar-refractivity contribution is 8.00. The predicted octanol–water partition coefficient (Wildman–Crippen LogP) is 3.12. The summed E-state index contributed by atoms with van der Waals surface area (Å²) in [5, 5.41) is 6.48. The fourth-order valence-corrected chi connectivity index (χ4v) is 3.63. The van der Waals surface area contributed by atoms with Crippen molar-refractivity contribution in [2.45, 2.75) is 49.3 Å². The fraction of sp³-hybridized carbons (Fsp3) is 0.562. The average Bonchev–Trinajstić information content (AvgIpc) is 2.65. The molecule has 0 saturated carbocycles. The Morgan fingerprint density at radius 3 is 3.10 bits per heavy atom. The van der Waals surface area contributed by atoms with E-state index in [4.69, 9.17) is 0 Å². The lowest BCUT2D eigenvalue weighted by molar-refractivity contribution is -0.120. The number of amides is 1. The van der Waals surface area contributed by atoms with Gasteiger partial charge in [0, 0.05) is 17.5 Å². The third kappa shape index (κ3) is 4.25. The molecule has 110 valence electrons. The molecule has 1 aromatic carbocycles. The van der Waals surface area contributed by atoms with Crippen LogP contribution in [0.2, 0.25) is 0 Å². The van der Waals surface area contributed by atoms with Crippen LogP contribution in [0.1, 0.15) is 44.7 Å². The van der Waals surface area contributed by atoms with Crippen LogP contribution in [0.5, 0.6) is 0 Å². The molecular weight excluding hydrogens is 268 g/mol. The van der Waals surface area contributed by atoms with Crippen LogP contribution in [-0.2, 0) is 4.79 Å². The van der Waals surface area contributed by atoms with E-state index < -0.39 is 0 Å². The van der Waals surface area contributed by atoms with Crippen LogP contribution in [0.4, 0.5) is 0 Å². The lowest BCUT2D eigenvalue weighted by atomic mass is 10.1. The normalized spacial score (nSPS) is 21.1. The summed E-state index contributed by atoms with van der Waals surface area (Å²) in [6, 6.07) is 8.88. The molecule has 0 radical (unpaired) electrons. The molecule has 0 spiro atoms. The van der Waals surface area contributed by atoms with Gasteiger partial charge in [0.1, 0.15) is 0 Å². The summed E-state index contributed by atoms with van der Waals surface area (Å²) in [4.78, 5) is 13.2. The topological polar surface area (TPSA) is 41.1 Å². The van der Waals surface area contributed by atoms with Gasteiger partial charge in [-0.3, -0.25) is 4.79 Å². The lowest BCUT2D eigenvalue weighted by Crippen LogP contribution is -2.30. The van der Waals surface area contributed by atoms with E-state index >= 15 is 0 Å². The molecule has 3 nitrogen and oxygen atoms in total. The monoisotopic (exact) mass is 292 g/mol. The highest BCUT2D eigenvalue weighted by atomic mass is 32.2. The van der Waals surface area contributed by atoms with E-state index in [2.05, 4.69) is 48.7 Å². The standard InChI is InChI=1S/C16H24N2OS/c1-3-17-12(2)13-7-6-8-14(11-13)20-15-9-4-5-10-18-16(15)19/h6-8,11-12,15,17H,3-5,9-10H2,1-2H3,(H,18,19). The molecule has 1 saturated heterocycles. The molecule has 20 heavy (non-hydrogen) atoms. The molecule has 1 amide bonds. The van der Waals surface area contributed by atoms with Crippen molar-refractivity contribution < 1.29 is 4.79 Å². The highest BCUT2D eigenvalue weighted by Gasteiger charge is 2.21. The van der Waals surface area contributed by atoms with Gasteiger partial charge in [0.05, 0.1) is 5.25 Å². The second kappa shape index (κ2) is 7.70. The summed E-state index contributed by atoms with van der Waals surface area (Å²) >= 11 is 1.70. The van der Waals surface area contributed by atoms with Gasteiger partial charge < -0.3 is 10.6 Å². The van der Waals surface area contributed by atoms with Crippen LogP contribution in [0, 0.1) is 0 Å². The first-order valence-corrected chi connectivity index (χ1v) is 8.36. The van der Waals surface area contributed by atoms with Gasteiger partial charge in [-0.05, 0) is 44.0 Å². The maximum absolute atomic E-state index is 12.0. The van der Waals surface area contributed by atoms with Crippen molar-refractivity contribution in [1.29, 1.82) is 0 Å². The third-order valence-corrected chi connectivity index (χ3v) is 4.89. The number of hydrogen-bond acceptors (Lipinski definition) is 3. The quantitative estimate of drug-likeness (QED) is 0.876. The fourth-order valence-electron chi connectivity index (χ4n) is 2.47. The van der Waals surface area contributed by atoms with Crippen LogP contribution < -0.4 is 10.6 Å². The number of rotatable bonds is 5. The van der Waals surface area contributed by atoms with Crippen molar-refractivity contribution in [2.24, 2.45) is 0 Å². The molecule has 1 aromatic rings. The molecule has 1 fully saturated rings. The van der Waals surface area contributed by atoms with E-state index in [1.54, 1.807) is 11.8 Å². The van der Waals surface area contributed by atoms with Gasteiger partial charge in [0.2, 0.25) is 5.91 Å². The summed E-state index contributed by atoms with van der Waals surface area (Å²) in [5.41, 5.74) is 1.28. The first-order valence-electron chi connectivity index (χ1n) is 7.48. The molecule has 0 bridgehead atoms. The Morgan fingerprint density at radius 1 is 1.45 bits per heavy atom. The molecular formula is C16H24N2OS. The molecule has 1 aliphatic heterocycles. The van der Waals surface area contributed by atoms with Gasteiger partial charge in [-0.1, -0.05) is 25.5 Å². The second-order valence-electron chi connectivity index (χ2n) is 5.25. The van der Waals surface area contributed by atoms with E-state index in [1.807, 2.05) is 0 Å². The van der Waals surface area contributed by atoms with E-state index in [0.717, 1.165) is 32.4 Å². The van der Waals surface area contributed by atoms with Crippen LogP contribution >= 0.6 is 11.8 Å². The molecule has 4 heteroatoms. The SMILES string of the molecule is CCNC(C)c1cccc(SC2CCCCNC2=O)c1. The minimum Gasteiger partial charge on any atom is -0.355 e. The van der Waals surface area contributed by atoms with Crippen LogP contribution in [-0.4, -0.2) is 24.2 Å². The van der Waals surface area contributed by atoms with Gasteiger partial charge in [0.15, 0.2) is 0 Å². The molecule has 2 N–H and O–H groups in total. The molecule has 1 aliphatic rings. The predicted molar refractivity (Wildman–Crippen MR) is 85.0 cm³/mol. The van der Waals surface area contributed by atoms with E-state index in [1.165, 1.54) is 10.5 Å². The average molecular weight is 292 g/mol. The Hall–Kier alpha value is -1.00. The summed E-state index contributed by atoms with van der Waals surface area (Å²) in [5.74, 6) is 0.192. The summed E-state index contributed by atoms with van der Waals surface area (Å²) in [7, 11) is 0. The number of carbonyl (C=O) groups is 1. The maximum atomic E-state index is 12.0. The Kier molecular flexibility index (Phi) is 5.92. The second-order valence-corrected chi connectivity index (χ2v) is 6.52. The molecule has 2 rings (SSSR count). The van der Waals surface area contributed by atoms with Crippen molar-refractivity contribution in [3.63, 3.8) is 0 Å². The summed E-state index contributed by atoms with van der Waals surface area (Å²) < 4.78 is 0. The van der Waals surface area contributed by atoms with Crippen molar-refractivity contribution in [2.75, 3.05) is 13.1 Å². The Bertz CT molecular complexity index is 450. The molecule has 1 heterocycles. The number of benzene rings is 1. The Labute approximate surface area is 125 Å². The van der Waals surface area contributed by atoms with Gasteiger partial charge in [-0.2, -0.15) is 0 Å². The zero-order chi connectivity index (χ0) is 14.4. The largest absolute Gasteiger partial charge is 0.355 e. The van der Waals surface area contributed by atoms with Gasteiger partial charge in [-0.25, -0.2) is 0 Å². The van der Waals surface area contributed by atoms with Crippen molar-refractivity contribution in [3.8, 4) is 0 Å². The number of carbonyl (C=O) groups excluding carboxylic acids is 1. The van der Waals surface area contributed by atoms with Crippen molar-refractivity contribution >= 4 is 17.7 Å². The minimum atomic E-state index is 0.0576. The van der Waals surface area contributed by atoms with Gasteiger partial charge in [-0.15, -0.1) is 11.8 Å². The summed E-state index contributed by atoms with van der Waals surface area (Å²) in [6.07, 6.45) is 3.20. The highest BCUT2D eigenvalue weighted by Crippen LogP contribution is 2.29. The number of nitrogens with one attached hydrogen (secondary N) is 2. The van der Waals surface area contributed by atoms with Crippen LogP contribution in [0.3, 0.4) is 0 Å².